The molecule has 0 aromatic rings. The predicted molar refractivity (Wildman–Crippen MR) is 45.9 cm³/mol. The average Bonchev–Trinajstić information content (AvgIpc) is 1.83. The van der Waals surface area contributed by atoms with Crippen molar-refractivity contribution in [3.05, 3.63) is 0 Å². The molecule has 50 valence electrons. The van der Waals surface area contributed by atoms with Crippen LogP contribution in [0.2, 0.25) is 0 Å². The SMILES string of the molecule is CCSS[C@@H](C)CCl. The second kappa shape index (κ2) is 6.12. The first-order chi connectivity index (χ1) is 3.81. The maximum absolute atomic E-state index is 5.55. The molecule has 3 heteroatoms. The van der Waals surface area contributed by atoms with E-state index in [0.29, 0.717) is 5.25 Å². The molecule has 8 heavy (non-hydrogen) atoms. The molecule has 0 fully saturated rings. The van der Waals surface area contributed by atoms with E-state index in [1.54, 1.807) is 0 Å². The third-order valence-corrected chi connectivity index (χ3v) is 4.18. The lowest BCUT2D eigenvalue weighted by Crippen LogP contribution is -1.93. The first kappa shape index (κ1) is 8.99. The fraction of sp³-hybridized carbons (Fsp3) is 1.00. The molecule has 0 N–H and O–H groups in total. The summed E-state index contributed by atoms with van der Waals surface area (Å²) in [6.45, 7) is 4.29. The van der Waals surface area contributed by atoms with E-state index in [9.17, 15) is 0 Å². The maximum Gasteiger partial charge on any atom is 0.0348 e. The number of alkyl halides is 1. The Bertz CT molecular complexity index is 49.7. The molecule has 0 radical (unpaired) electrons. The van der Waals surface area contributed by atoms with E-state index in [1.165, 1.54) is 5.75 Å². The highest BCUT2D eigenvalue weighted by atomic mass is 35.5. The second-order valence-electron chi connectivity index (χ2n) is 1.47. The van der Waals surface area contributed by atoms with Crippen molar-refractivity contribution in [3.8, 4) is 0 Å². The molecule has 0 bridgehead atoms. The zero-order valence-corrected chi connectivity index (χ0v) is 7.57. The largest absolute Gasteiger partial charge is 0.125 e. The summed E-state index contributed by atoms with van der Waals surface area (Å²) in [7, 11) is 3.73. The minimum absolute atomic E-state index is 0.599. The lowest BCUT2D eigenvalue weighted by Gasteiger charge is -2.02. The second-order valence-corrected chi connectivity index (χ2v) is 4.87. The van der Waals surface area contributed by atoms with Gasteiger partial charge in [0.25, 0.3) is 0 Å². The molecule has 0 heterocycles. The van der Waals surface area contributed by atoms with Gasteiger partial charge in [0.1, 0.15) is 0 Å². The first-order valence-electron chi connectivity index (χ1n) is 2.65. The van der Waals surface area contributed by atoms with Crippen LogP contribution in [0.25, 0.3) is 0 Å². The molecule has 0 aromatic heterocycles. The first-order valence-corrected chi connectivity index (χ1v) is 5.57. The fourth-order valence-corrected chi connectivity index (χ4v) is 2.35. The summed E-state index contributed by atoms with van der Waals surface area (Å²) in [6, 6.07) is 0. The molecule has 0 spiro atoms. The van der Waals surface area contributed by atoms with Gasteiger partial charge in [-0.15, -0.1) is 11.6 Å². The smallest absolute Gasteiger partial charge is 0.0348 e. The van der Waals surface area contributed by atoms with E-state index in [4.69, 9.17) is 11.6 Å². The monoisotopic (exact) mass is 170 g/mol. The maximum atomic E-state index is 5.55. The number of rotatable bonds is 4. The van der Waals surface area contributed by atoms with Gasteiger partial charge in [0, 0.05) is 16.9 Å². The van der Waals surface area contributed by atoms with Crippen molar-refractivity contribution in [2.45, 2.75) is 19.1 Å². The highest BCUT2D eigenvalue weighted by molar-refractivity contribution is 8.76. The van der Waals surface area contributed by atoms with Crippen molar-refractivity contribution in [2.24, 2.45) is 0 Å². The van der Waals surface area contributed by atoms with E-state index in [1.807, 2.05) is 21.6 Å². The summed E-state index contributed by atoms with van der Waals surface area (Å²) in [4.78, 5) is 0. The van der Waals surface area contributed by atoms with Gasteiger partial charge in [-0.25, -0.2) is 0 Å². The van der Waals surface area contributed by atoms with Crippen LogP contribution in [0, 0.1) is 0 Å². The molecule has 0 unspecified atom stereocenters. The standard InChI is InChI=1S/C5H11ClS2/c1-3-7-8-5(2)4-6/h5H,3-4H2,1-2H3/t5-/m0/s1. The van der Waals surface area contributed by atoms with Gasteiger partial charge in [0.15, 0.2) is 0 Å². The Morgan fingerprint density at radius 1 is 1.62 bits per heavy atom. The Morgan fingerprint density at radius 2 is 2.25 bits per heavy atom. The summed E-state index contributed by atoms with van der Waals surface area (Å²) >= 11 is 5.55. The van der Waals surface area contributed by atoms with Crippen LogP contribution in [0.3, 0.4) is 0 Å². The molecule has 0 aliphatic carbocycles. The van der Waals surface area contributed by atoms with E-state index in [0.717, 1.165) is 5.88 Å². The van der Waals surface area contributed by atoms with Crippen LogP contribution in [0.15, 0.2) is 0 Å². The van der Waals surface area contributed by atoms with Crippen molar-refractivity contribution in [2.75, 3.05) is 11.6 Å². The minimum Gasteiger partial charge on any atom is -0.125 e. The van der Waals surface area contributed by atoms with Gasteiger partial charge < -0.3 is 0 Å². The average molecular weight is 171 g/mol. The van der Waals surface area contributed by atoms with Crippen LogP contribution < -0.4 is 0 Å². The van der Waals surface area contributed by atoms with Gasteiger partial charge in [0.05, 0.1) is 0 Å². The Hall–Kier alpha value is 0.990. The molecule has 0 nitrogen and oxygen atoms in total. The van der Waals surface area contributed by atoms with Gasteiger partial charge in [-0.2, -0.15) is 0 Å². The quantitative estimate of drug-likeness (QED) is 0.470. The molecule has 0 aliphatic rings. The van der Waals surface area contributed by atoms with Crippen LogP contribution in [0.1, 0.15) is 13.8 Å². The summed E-state index contributed by atoms with van der Waals surface area (Å²) < 4.78 is 0. The van der Waals surface area contributed by atoms with Crippen molar-refractivity contribution < 1.29 is 0 Å². The highest BCUT2D eigenvalue weighted by Crippen LogP contribution is 2.26. The van der Waals surface area contributed by atoms with Gasteiger partial charge >= 0.3 is 0 Å². The van der Waals surface area contributed by atoms with Gasteiger partial charge in [-0.05, 0) is 0 Å². The lowest BCUT2D eigenvalue weighted by molar-refractivity contribution is 1.13. The van der Waals surface area contributed by atoms with Crippen molar-refractivity contribution in [3.63, 3.8) is 0 Å². The molecule has 1 atom stereocenters. The third kappa shape index (κ3) is 5.13. The molecule has 0 aromatic carbocycles. The van der Waals surface area contributed by atoms with Crippen LogP contribution in [0.4, 0.5) is 0 Å². The van der Waals surface area contributed by atoms with Crippen LogP contribution in [-0.4, -0.2) is 16.9 Å². The van der Waals surface area contributed by atoms with Crippen LogP contribution in [-0.2, 0) is 0 Å². The number of halogens is 1. The molecular formula is C5H11ClS2. The summed E-state index contributed by atoms with van der Waals surface area (Å²) in [5.74, 6) is 1.93. The molecule has 0 amide bonds. The van der Waals surface area contributed by atoms with E-state index < -0.39 is 0 Å². The summed E-state index contributed by atoms with van der Waals surface area (Å²) in [5, 5.41) is 0.599. The van der Waals surface area contributed by atoms with Crippen molar-refractivity contribution in [1.29, 1.82) is 0 Å². The molecule has 0 aliphatic heterocycles. The third-order valence-electron chi connectivity index (χ3n) is 0.567. The van der Waals surface area contributed by atoms with E-state index in [2.05, 4.69) is 13.8 Å². The van der Waals surface area contributed by atoms with Crippen molar-refractivity contribution in [1.82, 2.24) is 0 Å². The highest BCUT2D eigenvalue weighted by Gasteiger charge is 1.97. The molecule has 0 rings (SSSR count). The lowest BCUT2D eigenvalue weighted by atomic mass is 10.6. The fourth-order valence-electron chi connectivity index (χ4n) is 0.210. The Kier molecular flexibility index (Phi) is 6.87. The Labute approximate surface area is 64.1 Å². The van der Waals surface area contributed by atoms with Crippen LogP contribution >= 0.6 is 33.2 Å². The Balaban J connectivity index is 2.86. The van der Waals surface area contributed by atoms with Gasteiger partial charge in [-0.3, -0.25) is 0 Å². The van der Waals surface area contributed by atoms with E-state index >= 15 is 0 Å². The molecule has 0 saturated heterocycles. The Morgan fingerprint density at radius 3 is 2.62 bits per heavy atom. The summed E-state index contributed by atoms with van der Waals surface area (Å²) in [6.07, 6.45) is 0. The minimum atomic E-state index is 0.599. The van der Waals surface area contributed by atoms with Gasteiger partial charge in [0.2, 0.25) is 0 Å². The molecule has 0 saturated carbocycles. The normalized spacial score (nSPS) is 13.9. The van der Waals surface area contributed by atoms with Gasteiger partial charge in [-0.1, -0.05) is 35.4 Å². The topological polar surface area (TPSA) is 0 Å². The number of hydrogen-bond acceptors (Lipinski definition) is 2. The summed E-state index contributed by atoms with van der Waals surface area (Å²) in [5.41, 5.74) is 0. The zero-order chi connectivity index (χ0) is 6.41. The van der Waals surface area contributed by atoms with Crippen molar-refractivity contribution >= 4 is 33.2 Å². The van der Waals surface area contributed by atoms with Crippen LogP contribution in [0.5, 0.6) is 0 Å². The van der Waals surface area contributed by atoms with E-state index in [-0.39, 0.29) is 0 Å². The zero-order valence-electron chi connectivity index (χ0n) is 5.19. The predicted octanol–water partition coefficient (Wildman–Crippen LogP) is 3.02. The molecular weight excluding hydrogens is 160 g/mol. The number of hydrogen-bond donors (Lipinski definition) is 0.